The fourth-order valence-electron chi connectivity index (χ4n) is 2.07. The molecular weight excluding hydrogens is 258 g/mol. The van der Waals surface area contributed by atoms with Gasteiger partial charge in [0.15, 0.2) is 5.84 Å². The minimum absolute atomic E-state index is 0.0944. The zero-order valence-electron chi connectivity index (χ0n) is 11.4. The van der Waals surface area contributed by atoms with Gasteiger partial charge < -0.3 is 25.7 Å². The second-order valence-electron chi connectivity index (χ2n) is 4.79. The maximum absolute atomic E-state index is 8.56. The zero-order chi connectivity index (χ0) is 14.2. The third-order valence-corrected chi connectivity index (χ3v) is 3.26. The average molecular weight is 279 g/mol. The van der Waals surface area contributed by atoms with Crippen molar-refractivity contribution in [2.45, 2.75) is 6.42 Å². The molecule has 6 heteroatoms. The number of hydrogen-bond acceptors (Lipinski definition) is 5. The van der Waals surface area contributed by atoms with Crippen molar-refractivity contribution in [1.29, 1.82) is 0 Å². The summed E-state index contributed by atoms with van der Waals surface area (Å²) in [5, 5.41) is 14.9. The summed E-state index contributed by atoms with van der Waals surface area (Å²) in [5.74, 6) is 1.50. The van der Waals surface area contributed by atoms with Crippen LogP contribution in [0.3, 0.4) is 0 Å². The van der Waals surface area contributed by atoms with Crippen LogP contribution in [-0.4, -0.2) is 44.0 Å². The molecule has 0 spiro atoms. The van der Waals surface area contributed by atoms with E-state index in [1.165, 1.54) is 0 Å². The molecule has 1 aliphatic heterocycles. The average Bonchev–Trinajstić information content (AvgIpc) is 3.00. The first-order chi connectivity index (χ1) is 9.79. The highest BCUT2D eigenvalue weighted by Crippen LogP contribution is 2.12. The summed E-state index contributed by atoms with van der Waals surface area (Å²) in [6.45, 7) is 4.14. The first-order valence-electron chi connectivity index (χ1n) is 6.79. The van der Waals surface area contributed by atoms with Crippen LogP contribution in [0.15, 0.2) is 29.4 Å². The smallest absolute Gasteiger partial charge is 0.170 e. The first-order valence-corrected chi connectivity index (χ1v) is 6.79. The lowest BCUT2D eigenvalue weighted by Crippen LogP contribution is -2.27. The Hall–Kier alpha value is -1.79. The topological polar surface area (TPSA) is 89.1 Å². The van der Waals surface area contributed by atoms with E-state index < -0.39 is 0 Å². The number of nitrogens with one attached hydrogen (secondary N) is 1. The molecule has 1 atom stereocenters. The van der Waals surface area contributed by atoms with Gasteiger partial charge in [0.25, 0.3) is 0 Å². The molecule has 0 aliphatic carbocycles. The molecule has 0 bridgehead atoms. The standard InChI is InChI=1S/C14H21N3O3/c15-14(17-18)12-1-3-13(4-2-12)20-8-6-16-9-11-5-7-19-10-11/h1-4,11,16,18H,5-10H2,(H2,15,17). The summed E-state index contributed by atoms with van der Waals surface area (Å²) in [6, 6.07) is 7.12. The Balaban J connectivity index is 1.63. The Bertz CT molecular complexity index is 428. The van der Waals surface area contributed by atoms with Crippen molar-refractivity contribution in [3.05, 3.63) is 29.8 Å². The highest BCUT2D eigenvalue weighted by Gasteiger charge is 2.14. The first kappa shape index (κ1) is 14.6. The molecule has 0 radical (unpaired) electrons. The molecule has 0 aromatic heterocycles. The molecule has 1 aliphatic rings. The number of nitrogens with two attached hydrogens (primary N) is 1. The second kappa shape index (κ2) is 7.72. The van der Waals surface area contributed by atoms with Crippen molar-refractivity contribution >= 4 is 5.84 Å². The molecule has 0 saturated carbocycles. The van der Waals surface area contributed by atoms with Crippen molar-refractivity contribution in [3.8, 4) is 5.75 Å². The van der Waals surface area contributed by atoms with Crippen molar-refractivity contribution in [2.24, 2.45) is 16.8 Å². The predicted molar refractivity (Wildman–Crippen MR) is 76.2 cm³/mol. The van der Waals surface area contributed by atoms with Crippen molar-refractivity contribution in [2.75, 3.05) is 32.9 Å². The Labute approximate surface area is 118 Å². The van der Waals surface area contributed by atoms with Gasteiger partial charge in [-0.2, -0.15) is 0 Å². The fourth-order valence-corrected chi connectivity index (χ4v) is 2.07. The maximum atomic E-state index is 8.56. The summed E-state index contributed by atoms with van der Waals surface area (Å²) < 4.78 is 10.9. The quantitative estimate of drug-likeness (QED) is 0.226. The molecule has 20 heavy (non-hydrogen) atoms. The van der Waals surface area contributed by atoms with Gasteiger partial charge in [0.05, 0.1) is 6.61 Å². The largest absolute Gasteiger partial charge is 0.492 e. The summed E-state index contributed by atoms with van der Waals surface area (Å²) in [7, 11) is 0. The van der Waals surface area contributed by atoms with Gasteiger partial charge in [0.1, 0.15) is 12.4 Å². The predicted octanol–water partition coefficient (Wildman–Crippen LogP) is 0.786. The number of rotatable bonds is 7. The molecule has 0 amide bonds. The van der Waals surface area contributed by atoms with E-state index >= 15 is 0 Å². The molecule has 1 heterocycles. The number of oxime groups is 1. The van der Waals surface area contributed by atoms with Crippen LogP contribution in [0, 0.1) is 5.92 Å². The highest BCUT2D eigenvalue weighted by molar-refractivity contribution is 5.97. The monoisotopic (exact) mass is 279 g/mol. The fraction of sp³-hybridized carbons (Fsp3) is 0.500. The van der Waals surface area contributed by atoms with Crippen LogP contribution < -0.4 is 15.8 Å². The second-order valence-corrected chi connectivity index (χ2v) is 4.79. The normalized spacial score (nSPS) is 19.2. The Morgan fingerprint density at radius 1 is 1.45 bits per heavy atom. The summed E-state index contributed by atoms with van der Waals surface area (Å²) in [4.78, 5) is 0. The molecular formula is C14H21N3O3. The highest BCUT2D eigenvalue weighted by atomic mass is 16.5. The van der Waals surface area contributed by atoms with Crippen LogP contribution in [0.4, 0.5) is 0 Å². The number of amidine groups is 1. The number of nitrogens with zero attached hydrogens (tertiary/aromatic N) is 1. The Kier molecular flexibility index (Phi) is 5.64. The van der Waals surface area contributed by atoms with E-state index in [1.54, 1.807) is 24.3 Å². The molecule has 110 valence electrons. The van der Waals surface area contributed by atoms with E-state index in [1.807, 2.05) is 0 Å². The van der Waals surface area contributed by atoms with Crippen molar-refractivity contribution in [3.63, 3.8) is 0 Å². The molecule has 2 rings (SSSR count). The summed E-state index contributed by atoms with van der Waals surface area (Å²) >= 11 is 0. The molecule has 1 saturated heterocycles. The third-order valence-electron chi connectivity index (χ3n) is 3.26. The van der Waals surface area contributed by atoms with Crippen molar-refractivity contribution in [1.82, 2.24) is 5.32 Å². The van der Waals surface area contributed by atoms with Crippen molar-refractivity contribution < 1.29 is 14.7 Å². The molecule has 1 unspecified atom stereocenters. The molecule has 4 N–H and O–H groups in total. The maximum Gasteiger partial charge on any atom is 0.170 e. The number of ether oxygens (including phenoxy) is 2. The van der Waals surface area contributed by atoms with E-state index in [4.69, 9.17) is 20.4 Å². The summed E-state index contributed by atoms with van der Waals surface area (Å²) in [5.41, 5.74) is 6.15. The SMILES string of the molecule is NC(=NO)c1ccc(OCCNCC2CCOC2)cc1. The lowest BCUT2D eigenvalue weighted by molar-refractivity contribution is 0.185. The van der Waals surface area contributed by atoms with Gasteiger partial charge in [-0.25, -0.2) is 0 Å². The van der Waals surface area contributed by atoms with E-state index in [-0.39, 0.29) is 5.84 Å². The van der Waals surface area contributed by atoms with Crippen LogP contribution in [0.1, 0.15) is 12.0 Å². The molecule has 1 fully saturated rings. The van der Waals surface area contributed by atoms with Gasteiger partial charge in [0, 0.05) is 25.3 Å². The van der Waals surface area contributed by atoms with Gasteiger partial charge in [-0.3, -0.25) is 0 Å². The van der Waals surface area contributed by atoms with E-state index in [0.29, 0.717) is 18.1 Å². The Morgan fingerprint density at radius 3 is 2.90 bits per heavy atom. The summed E-state index contributed by atoms with van der Waals surface area (Å²) in [6.07, 6.45) is 1.14. The minimum atomic E-state index is 0.0944. The van der Waals surface area contributed by atoms with Crippen LogP contribution >= 0.6 is 0 Å². The number of hydrogen-bond donors (Lipinski definition) is 3. The van der Waals surface area contributed by atoms with Gasteiger partial charge in [-0.1, -0.05) is 5.16 Å². The lowest BCUT2D eigenvalue weighted by Gasteiger charge is -2.10. The van der Waals surface area contributed by atoms with Crippen LogP contribution in [0.25, 0.3) is 0 Å². The zero-order valence-corrected chi connectivity index (χ0v) is 11.4. The third kappa shape index (κ3) is 4.40. The van der Waals surface area contributed by atoms with E-state index in [0.717, 1.165) is 38.5 Å². The van der Waals surface area contributed by atoms with Gasteiger partial charge in [-0.15, -0.1) is 0 Å². The lowest BCUT2D eigenvalue weighted by atomic mass is 10.1. The molecule has 1 aromatic carbocycles. The van der Waals surface area contributed by atoms with Crippen LogP contribution in [-0.2, 0) is 4.74 Å². The van der Waals surface area contributed by atoms with E-state index in [9.17, 15) is 0 Å². The van der Waals surface area contributed by atoms with Gasteiger partial charge in [0.2, 0.25) is 0 Å². The van der Waals surface area contributed by atoms with Crippen LogP contribution in [0.5, 0.6) is 5.75 Å². The van der Waals surface area contributed by atoms with Gasteiger partial charge >= 0.3 is 0 Å². The molecule has 6 nitrogen and oxygen atoms in total. The van der Waals surface area contributed by atoms with Gasteiger partial charge in [-0.05, 0) is 36.6 Å². The Morgan fingerprint density at radius 2 is 2.25 bits per heavy atom. The van der Waals surface area contributed by atoms with E-state index in [2.05, 4.69) is 10.5 Å². The minimum Gasteiger partial charge on any atom is -0.492 e. The number of benzene rings is 1. The molecule has 1 aromatic rings. The van der Waals surface area contributed by atoms with Crippen LogP contribution in [0.2, 0.25) is 0 Å².